The number of aromatic nitrogens is 2. The molecule has 0 N–H and O–H groups in total. The van der Waals surface area contributed by atoms with Gasteiger partial charge in [0, 0.05) is 15.7 Å². The third kappa shape index (κ3) is 3.16. The molecule has 2 heterocycles. The fraction of sp³-hybridized carbons (Fsp3) is 0.118. The molecule has 23 heavy (non-hydrogen) atoms. The minimum atomic E-state index is 0.0140. The zero-order chi connectivity index (χ0) is 16.4. The number of hydrogen-bond donors (Lipinski definition) is 0. The Morgan fingerprint density at radius 1 is 1.30 bits per heavy atom. The summed E-state index contributed by atoms with van der Waals surface area (Å²) in [4.78, 5) is 12.3. The SMILES string of the molecule is Cc1cccc2c(C#N)c(SCC(=O)c3ccc(Br)cc3)nn12. The van der Waals surface area contributed by atoms with Crippen molar-refractivity contribution >= 4 is 39.0 Å². The van der Waals surface area contributed by atoms with Crippen LogP contribution in [0.2, 0.25) is 0 Å². The van der Waals surface area contributed by atoms with E-state index in [9.17, 15) is 10.1 Å². The lowest BCUT2D eigenvalue weighted by molar-refractivity contribution is 0.102. The van der Waals surface area contributed by atoms with Gasteiger partial charge in [0.2, 0.25) is 0 Å². The van der Waals surface area contributed by atoms with Crippen LogP contribution in [0.15, 0.2) is 52.0 Å². The number of pyridine rings is 1. The number of nitriles is 1. The third-order valence-corrected chi connectivity index (χ3v) is 4.93. The van der Waals surface area contributed by atoms with Crippen molar-refractivity contribution < 1.29 is 4.79 Å². The molecular weight excluding hydrogens is 374 g/mol. The van der Waals surface area contributed by atoms with E-state index in [1.54, 1.807) is 16.6 Å². The van der Waals surface area contributed by atoms with E-state index >= 15 is 0 Å². The molecule has 0 aliphatic rings. The maximum Gasteiger partial charge on any atom is 0.173 e. The number of rotatable bonds is 4. The van der Waals surface area contributed by atoms with Crippen LogP contribution in [0, 0.1) is 18.3 Å². The number of carbonyl (C=O) groups is 1. The van der Waals surface area contributed by atoms with Crippen molar-refractivity contribution in [2.75, 3.05) is 5.75 Å². The van der Waals surface area contributed by atoms with Gasteiger partial charge in [0.05, 0.1) is 11.3 Å². The monoisotopic (exact) mass is 385 g/mol. The lowest BCUT2D eigenvalue weighted by Gasteiger charge is -2.00. The second-order valence-electron chi connectivity index (χ2n) is 4.97. The lowest BCUT2D eigenvalue weighted by Crippen LogP contribution is -2.02. The van der Waals surface area contributed by atoms with Gasteiger partial charge in [-0.1, -0.05) is 45.9 Å². The summed E-state index contributed by atoms with van der Waals surface area (Å²) >= 11 is 4.65. The molecule has 0 aliphatic heterocycles. The van der Waals surface area contributed by atoms with Gasteiger partial charge < -0.3 is 0 Å². The van der Waals surface area contributed by atoms with Gasteiger partial charge in [-0.05, 0) is 31.2 Å². The predicted molar refractivity (Wildman–Crippen MR) is 93.8 cm³/mol. The second-order valence-corrected chi connectivity index (χ2v) is 6.85. The molecule has 0 spiro atoms. The predicted octanol–water partition coefficient (Wildman–Crippen LogP) is 4.25. The summed E-state index contributed by atoms with van der Waals surface area (Å²) in [5.74, 6) is 0.263. The van der Waals surface area contributed by atoms with E-state index in [-0.39, 0.29) is 11.5 Å². The van der Waals surface area contributed by atoms with E-state index in [0.717, 1.165) is 15.7 Å². The summed E-state index contributed by atoms with van der Waals surface area (Å²) in [6.07, 6.45) is 0. The Kier molecular flexibility index (Phi) is 4.51. The molecule has 0 unspecified atom stereocenters. The Labute approximate surface area is 146 Å². The number of benzene rings is 1. The summed E-state index contributed by atoms with van der Waals surface area (Å²) in [7, 11) is 0. The van der Waals surface area contributed by atoms with Crippen LogP contribution < -0.4 is 0 Å². The van der Waals surface area contributed by atoms with E-state index in [2.05, 4.69) is 27.1 Å². The van der Waals surface area contributed by atoms with Crippen molar-refractivity contribution in [1.29, 1.82) is 5.26 Å². The molecule has 0 bridgehead atoms. The average molecular weight is 386 g/mol. The van der Waals surface area contributed by atoms with E-state index in [1.807, 2.05) is 37.3 Å². The largest absolute Gasteiger partial charge is 0.293 e. The summed E-state index contributed by atoms with van der Waals surface area (Å²) in [5, 5.41) is 14.5. The third-order valence-electron chi connectivity index (χ3n) is 3.43. The Morgan fingerprint density at radius 3 is 2.74 bits per heavy atom. The Balaban J connectivity index is 1.85. The zero-order valence-corrected chi connectivity index (χ0v) is 14.7. The Bertz CT molecular complexity index is 925. The van der Waals surface area contributed by atoms with Crippen LogP contribution in [0.3, 0.4) is 0 Å². The van der Waals surface area contributed by atoms with Crippen LogP contribution in [-0.2, 0) is 0 Å². The molecule has 0 saturated carbocycles. The maximum absolute atomic E-state index is 12.3. The Morgan fingerprint density at radius 2 is 2.04 bits per heavy atom. The van der Waals surface area contributed by atoms with Crippen molar-refractivity contribution in [2.24, 2.45) is 0 Å². The number of fused-ring (bicyclic) bond motifs is 1. The van der Waals surface area contributed by atoms with Gasteiger partial charge >= 0.3 is 0 Å². The van der Waals surface area contributed by atoms with Gasteiger partial charge in [-0.3, -0.25) is 4.79 Å². The highest BCUT2D eigenvalue weighted by Crippen LogP contribution is 2.26. The minimum absolute atomic E-state index is 0.0140. The summed E-state index contributed by atoms with van der Waals surface area (Å²) in [6, 6.07) is 15.1. The molecule has 4 nitrogen and oxygen atoms in total. The summed E-state index contributed by atoms with van der Waals surface area (Å²) in [6.45, 7) is 1.93. The van der Waals surface area contributed by atoms with Crippen LogP contribution >= 0.6 is 27.7 Å². The number of carbonyl (C=O) groups excluding carboxylic acids is 1. The highest BCUT2D eigenvalue weighted by Gasteiger charge is 2.16. The quantitative estimate of drug-likeness (QED) is 0.497. The number of aryl methyl sites for hydroxylation is 1. The molecular formula is C17H12BrN3OS. The first kappa shape index (κ1) is 15.8. The van der Waals surface area contributed by atoms with Crippen LogP contribution in [0.5, 0.6) is 0 Å². The molecule has 0 radical (unpaired) electrons. The van der Waals surface area contributed by atoms with Crippen molar-refractivity contribution in [1.82, 2.24) is 9.61 Å². The van der Waals surface area contributed by atoms with Gasteiger partial charge in [-0.25, -0.2) is 4.52 Å². The first-order chi connectivity index (χ1) is 11.1. The van der Waals surface area contributed by atoms with Crippen LogP contribution in [0.1, 0.15) is 21.6 Å². The number of halogens is 1. The van der Waals surface area contributed by atoms with Crippen molar-refractivity contribution in [3.8, 4) is 6.07 Å². The molecule has 0 saturated heterocycles. The first-order valence-electron chi connectivity index (χ1n) is 6.90. The van der Waals surface area contributed by atoms with Crippen molar-refractivity contribution in [3.63, 3.8) is 0 Å². The van der Waals surface area contributed by atoms with E-state index in [4.69, 9.17) is 0 Å². The maximum atomic E-state index is 12.3. The van der Waals surface area contributed by atoms with Crippen LogP contribution in [0.25, 0.3) is 5.52 Å². The number of thioether (sulfide) groups is 1. The fourth-order valence-corrected chi connectivity index (χ4v) is 3.37. The number of nitrogens with zero attached hydrogens (tertiary/aromatic N) is 3. The van der Waals surface area contributed by atoms with Gasteiger partial charge in [-0.15, -0.1) is 0 Å². The van der Waals surface area contributed by atoms with Crippen LogP contribution in [0.4, 0.5) is 0 Å². The summed E-state index contributed by atoms with van der Waals surface area (Å²) in [5.41, 5.74) is 2.89. The minimum Gasteiger partial charge on any atom is -0.293 e. The van der Waals surface area contributed by atoms with E-state index < -0.39 is 0 Å². The molecule has 3 aromatic rings. The van der Waals surface area contributed by atoms with E-state index in [1.165, 1.54) is 11.8 Å². The van der Waals surface area contributed by atoms with Crippen molar-refractivity contribution in [2.45, 2.75) is 11.9 Å². The van der Waals surface area contributed by atoms with Crippen LogP contribution in [-0.4, -0.2) is 21.2 Å². The van der Waals surface area contributed by atoms with Gasteiger partial charge in [0.1, 0.15) is 16.7 Å². The molecule has 0 atom stereocenters. The molecule has 0 aliphatic carbocycles. The zero-order valence-electron chi connectivity index (χ0n) is 12.3. The van der Waals surface area contributed by atoms with Crippen molar-refractivity contribution in [3.05, 3.63) is 63.8 Å². The molecule has 1 aromatic carbocycles. The average Bonchev–Trinajstić information content (AvgIpc) is 2.92. The number of ketones is 1. The topological polar surface area (TPSA) is 58.2 Å². The lowest BCUT2D eigenvalue weighted by atomic mass is 10.2. The molecule has 3 rings (SSSR count). The summed E-state index contributed by atoms with van der Waals surface area (Å²) < 4.78 is 2.68. The standard InChI is InChI=1S/C17H12BrN3OS/c1-11-3-2-4-15-14(9-19)17(20-21(11)15)23-10-16(22)12-5-7-13(18)8-6-12/h2-8H,10H2,1H3. The molecule has 2 aromatic heterocycles. The fourth-order valence-electron chi connectivity index (χ4n) is 2.24. The molecule has 6 heteroatoms. The van der Waals surface area contributed by atoms with Gasteiger partial charge in [-0.2, -0.15) is 10.4 Å². The van der Waals surface area contributed by atoms with E-state index in [0.29, 0.717) is 16.2 Å². The first-order valence-corrected chi connectivity index (χ1v) is 8.68. The van der Waals surface area contributed by atoms with Gasteiger partial charge in [0.25, 0.3) is 0 Å². The van der Waals surface area contributed by atoms with Gasteiger partial charge in [0.15, 0.2) is 5.78 Å². The molecule has 114 valence electrons. The number of hydrogen-bond acceptors (Lipinski definition) is 4. The highest BCUT2D eigenvalue weighted by atomic mass is 79.9. The number of Topliss-reactive ketones (excluding diaryl/α,β-unsaturated/α-hetero) is 1. The Hall–Kier alpha value is -2.10. The molecule has 0 fully saturated rings. The second kappa shape index (κ2) is 6.57. The normalized spacial score (nSPS) is 10.7. The molecule has 0 amide bonds. The highest BCUT2D eigenvalue weighted by molar-refractivity contribution is 9.10. The smallest absolute Gasteiger partial charge is 0.173 e.